The summed E-state index contributed by atoms with van der Waals surface area (Å²) in [6.07, 6.45) is 3.14. The monoisotopic (exact) mass is 296 g/mol. The minimum Gasteiger partial charge on any atom is -0.207 e. The van der Waals surface area contributed by atoms with Crippen molar-refractivity contribution in [1.29, 1.82) is 0 Å². The van der Waals surface area contributed by atoms with Crippen LogP contribution in [0.25, 0.3) is 5.20 Å². The van der Waals surface area contributed by atoms with Gasteiger partial charge in [0, 0.05) is 5.92 Å². The Hall–Kier alpha value is -1.67. The van der Waals surface area contributed by atoms with Gasteiger partial charge in [0.2, 0.25) is 0 Å². The molecule has 2 heteroatoms. The van der Waals surface area contributed by atoms with Gasteiger partial charge in [-0.15, -0.1) is 0 Å². The van der Waals surface area contributed by atoms with E-state index in [0.717, 1.165) is 12.0 Å². The molecule has 2 aromatic rings. The number of allylic oxidation sites excluding steroid dienone is 1. The zero-order valence-electron chi connectivity index (χ0n) is 12.9. The van der Waals surface area contributed by atoms with Gasteiger partial charge in [-0.3, -0.25) is 0 Å². The van der Waals surface area contributed by atoms with Crippen LogP contribution < -0.4 is 0 Å². The molecule has 0 saturated heterocycles. The second kappa shape index (κ2) is 5.27. The van der Waals surface area contributed by atoms with Gasteiger partial charge < -0.3 is 0 Å². The molecule has 0 saturated carbocycles. The first-order valence-corrected chi connectivity index (χ1v) is 11.0. The summed E-state index contributed by atoms with van der Waals surface area (Å²) in [5.41, 5.74) is 3.56. The van der Waals surface area contributed by atoms with Gasteiger partial charge in [-0.2, -0.15) is 0 Å². The maximum atomic E-state index is 13.9. The second-order valence-corrected chi connectivity index (χ2v) is 11.9. The molecule has 0 aromatic heterocycles. The van der Waals surface area contributed by atoms with Crippen LogP contribution in [0, 0.1) is 5.82 Å². The van der Waals surface area contributed by atoms with Gasteiger partial charge in [-0.05, 0) is 29.2 Å². The van der Waals surface area contributed by atoms with Crippen molar-refractivity contribution in [3.05, 3.63) is 77.1 Å². The highest BCUT2D eigenvalue weighted by Gasteiger charge is 2.30. The summed E-state index contributed by atoms with van der Waals surface area (Å²) < 4.78 is 13.9. The number of rotatable bonds is 3. The summed E-state index contributed by atoms with van der Waals surface area (Å²) in [5.74, 6) is 0.213. The van der Waals surface area contributed by atoms with Crippen LogP contribution in [-0.4, -0.2) is 8.07 Å². The van der Waals surface area contributed by atoms with Crippen LogP contribution >= 0.6 is 0 Å². The van der Waals surface area contributed by atoms with E-state index >= 15 is 0 Å². The van der Waals surface area contributed by atoms with Gasteiger partial charge >= 0.3 is 0 Å². The summed E-state index contributed by atoms with van der Waals surface area (Å²) in [7, 11) is -1.38. The van der Waals surface area contributed by atoms with Crippen molar-refractivity contribution in [2.24, 2.45) is 0 Å². The first kappa shape index (κ1) is 14.3. The van der Waals surface area contributed by atoms with Crippen molar-refractivity contribution in [2.45, 2.75) is 32.0 Å². The maximum absolute atomic E-state index is 13.9. The maximum Gasteiger partial charge on any atom is 0.126 e. The highest BCUT2D eigenvalue weighted by Crippen LogP contribution is 2.41. The Morgan fingerprint density at radius 1 is 0.952 bits per heavy atom. The topological polar surface area (TPSA) is 0 Å². The van der Waals surface area contributed by atoms with E-state index in [1.54, 1.807) is 12.1 Å². The summed E-state index contributed by atoms with van der Waals surface area (Å²) in [6, 6.07) is 15.8. The molecule has 21 heavy (non-hydrogen) atoms. The lowest BCUT2D eigenvalue weighted by Crippen LogP contribution is -2.21. The Bertz CT molecular complexity index is 695. The number of benzene rings is 2. The zero-order chi connectivity index (χ0) is 15.0. The summed E-state index contributed by atoms with van der Waals surface area (Å²) >= 11 is 0. The highest BCUT2D eigenvalue weighted by atomic mass is 28.3. The van der Waals surface area contributed by atoms with Gasteiger partial charge in [0.1, 0.15) is 5.82 Å². The molecule has 1 atom stereocenters. The molecule has 1 unspecified atom stereocenters. The van der Waals surface area contributed by atoms with Crippen molar-refractivity contribution in [2.75, 3.05) is 0 Å². The molecule has 0 radical (unpaired) electrons. The standard InChI is InChI=1S/C19H21FSi/c1-21(2,3)19-13-15(16-9-5-6-10-17(16)19)12-14-8-4-7-11-18(14)20/h4-11,13,15H,12H2,1-3H3. The molecule has 1 aliphatic rings. The third-order valence-electron chi connectivity index (χ3n) is 4.22. The Balaban J connectivity index is 2.00. The molecular weight excluding hydrogens is 275 g/mol. The molecule has 0 spiro atoms. The van der Waals surface area contributed by atoms with Crippen LogP contribution in [0.1, 0.15) is 22.6 Å². The SMILES string of the molecule is C[Si](C)(C)C1=CC(Cc2ccccc2F)c2ccccc21. The van der Waals surface area contributed by atoms with Gasteiger partial charge in [0.05, 0.1) is 8.07 Å². The lowest BCUT2D eigenvalue weighted by Gasteiger charge is -2.19. The highest BCUT2D eigenvalue weighted by molar-refractivity contribution is 6.93. The molecule has 0 amide bonds. The molecule has 0 nitrogen and oxygen atoms in total. The minimum absolute atomic E-state index is 0.0927. The first-order valence-electron chi connectivity index (χ1n) is 7.52. The van der Waals surface area contributed by atoms with Crippen molar-refractivity contribution < 1.29 is 4.39 Å². The molecule has 108 valence electrons. The summed E-state index contributed by atoms with van der Waals surface area (Å²) in [5, 5.41) is 1.51. The average molecular weight is 296 g/mol. The minimum atomic E-state index is -1.38. The smallest absolute Gasteiger partial charge is 0.126 e. The molecular formula is C19H21FSi. The van der Waals surface area contributed by atoms with Crippen molar-refractivity contribution >= 4 is 13.3 Å². The van der Waals surface area contributed by atoms with E-state index in [2.05, 4.69) is 50.0 Å². The largest absolute Gasteiger partial charge is 0.207 e. The lowest BCUT2D eigenvalue weighted by molar-refractivity contribution is 0.604. The van der Waals surface area contributed by atoms with E-state index in [0.29, 0.717) is 5.92 Å². The number of halogens is 1. The molecule has 1 aliphatic carbocycles. The normalized spacial score (nSPS) is 17.5. The molecule has 0 N–H and O–H groups in total. The zero-order valence-corrected chi connectivity index (χ0v) is 13.9. The van der Waals surface area contributed by atoms with E-state index in [4.69, 9.17) is 0 Å². The fourth-order valence-corrected chi connectivity index (χ4v) is 4.91. The van der Waals surface area contributed by atoms with Crippen LogP contribution in [0.5, 0.6) is 0 Å². The number of hydrogen-bond acceptors (Lipinski definition) is 0. The second-order valence-electron chi connectivity index (χ2n) is 6.82. The molecule has 0 bridgehead atoms. The summed E-state index contributed by atoms with van der Waals surface area (Å²) in [4.78, 5) is 0. The predicted molar refractivity (Wildman–Crippen MR) is 90.6 cm³/mol. The Morgan fingerprint density at radius 2 is 1.62 bits per heavy atom. The van der Waals surface area contributed by atoms with Crippen molar-refractivity contribution in [3.8, 4) is 0 Å². The Morgan fingerprint density at radius 3 is 2.33 bits per heavy atom. The van der Waals surface area contributed by atoms with Crippen LogP contribution in [0.2, 0.25) is 19.6 Å². The van der Waals surface area contributed by atoms with Gasteiger partial charge in [-0.1, -0.05) is 73.4 Å². The predicted octanol–water partition coefficient (Wildman–Crippen LogP) is 5.43. The number of hydrogen-bond donors (Lipinski definition) is 0. The molecule has 0 aliphatic heterocycles. The summed E-state index contributed by atoms with van der Waals surface area (Å²) in [6.45, 7) is 7.13. The Kier molecular flexibility index (Phi) is 3.58. The van der Waals surface area contributed by atoms with E-state index in [-0.39, 0.29) is 5.82 Å². The molecule has 2 aromatic carbocycles. The third-order valence-corrected chi connectivity index (χ3v) is 6.28. The van der Waals surface area contributed by atoms with E-state index in [9.17, 15) is 4.39 Å². The van der Waals surface area contributed by atoms with Gasteiger partial charge in [0.25, 0.3) is 0 Å². The fraction of sp³-hybridized carbons (Fsp3) is 0.263. The van der Waals surface area contributed by atoms with E-state index < -0.39 is 8.07 Å². The molecule has 0 heterocycles. The molecule has 3 rings (SSSR count). The van der Waals surface area contributed by atoms with Crippen molar-refractivity contribution in [1.82, 2.24) is 0 Å². The van der Waals surface area contributed by atoms with Crippen LogP contribution in [0.4, 0.5) is 4.39 Å². The average Bonchev–Trinajstić information content (AvgIpc) is 2.81. The van der Waals surface area contributed by atoms with Crippen LogP contribution in [-0.2, 0) is 6.42 Å². The molecule has 0 fully saturated rings. The van der Waals surface area contributed by atoms with Crippen molar-refractivity contribution in [3.63, 3.8) is 0 Å². The van der Waals surface area contributed by atoms with Gasteiger partial charge in [-0.25, -0.2) is 4.39 Å². The number of fused-ring (bicyclic) bond motifs is 1. The van der Waals surface area contributed by atoms with Crippen LogP contribution in [0.3, 0.4) is 0 Å². The third kappa shape index (κ3) is 2.73. The Labute approximate surface area is 127 Å². The quantitative estimate of drug-likeness (QED) is 0.663. The fourth-order valence-electron chi connectivity index (χ4n) is 3.17. The van der Waals surface area contributed by atoms with E-state index in [1.807, 2.05) is 12.1 Å². The van der Waals surface area contributed by atoms with E-state index in [1.165, 1.54) is 16.3 Å². The lowest BCUT2D eigenvalue weighted by atomic mass is 9.93. The van der Waals surface area contributed by atoms with Crippen LogP contribution in [0.15, 0.2) is 54.6 Å². The first-order chi connectivity index (χ1) is 9.97. The van der Waals surface area contributed by atoms with Gasteiger partial charge in [0.15, 0.2) is 0 Å².